The number of benzene rings is 1. The van der Waals surface area contributed by atoms with Gasteiger partial charge in [-0.3, -0.25) is 4.98 Å². The SMILES string of the molecule is [2H]C([2H])([2H])c1nnn(C)c1-c1cc2c(cc1F)c1ncc(C(C)(C)O)cc1n2C(c1ncccn1)C1CCOCC1. The van der Waals surface area contributed by atoms with Gasteiger partial charge in [0.25, 0.3) is 0 Å². The lowest BCUT2D eigenvalue weighted by molar-refractivity contribution is 0.0542. The number of aromatic nitrogens is 7. The van der Waals surface area contributed by atoms with Crippen LogP contribution in [0.1, 0.15) is 53.9 Å². The van der Waals surface area contributed by atoms with Gasteiger partial charge in [0, 0.05) is 59.5 Å². The third kappa shape index (κ3) is 4.04. The molecule has 0 radical (unpaired) electrons. The Hall–Kier alpha value is -3.76. The summed E-state index contributed by atoms with van der Waals surface area (Å²) >= 11 is 0. The fraction of sp³-hybridized carbons (Fsp3) is 0.393. The number of aryl methyl sites for hydroxylation is 2. The summed E-state index contributed by atoms with van der Waals surface area (Å²) in [6.45, 7) is 1.94. The lowest BCUT2D eigenvalue weighted by Crippen LogP contribution is -2.28. The van der Waals surface area contributed by atoms with Gasteiger partial charge in [-0.15, -0.1) is 5.10 Å². The number of pyridine rings is 1. The number of rotatable bonds is 5. The van der Waals surface area contributed by atoms with Crippen molar-refractivity contribution >= 4 is 21.9 Å². The molecule has 1 N–H and O–H groups in total. The normalized spacial score (nSPS) is 17.4. The molecule has 0 amide bonds. The van der Waals surface area contributed by atoms with E-state index >= 15 is 4.39 Å². The molecule has 5 aromatic rings. The van der Waals surface area contributed by atoms with Crippen molar-refractivity contribution in [3.05, 3.63) is 65.8 Å². The van der Waals surface area contributed by atoms with Gasteiger partial charge in [0.2, 0.25) is 0 Å². The van der Waals surface area contributed by atoms with Crippen LogP contribution in [-0.4, -0.2) is 52.8 Å². The van der Waals surface area contributed by atoms with Crippen LogP contribution in [0.3, 0.4) is 0 Å². The van der Waals surface area contributed by atoms with Crippen molar-refractivity contribution in [2.75, 3.05) is 13.2 Å². The molecule has 9 nitrogen and oxygen atoms in total. The van der Waals surface area contributed by atoms with Gasteiger partial charge in [-0.2, -0.15) is 0 Å². The fourth-order valence-corrected chi connectivity index (χ4v) is 5.43. The maximum atomic E-state index is 15.9. The molecule has 0 saturated carbocycles. The summed E-state index contributed by atoms with van der Waals surface area (Å²) in [5.74, 6) is 0.0445. The Kier molecular flexibility index (Phi) is 5.14. The first-order chi connectivity index (χ1) is 19.4. The standard InChI is InChI=1S/C28H30FN7O2/c1-16-25(35(4)34-33-16)19-14-22-20(13-21(19)29)24-23(12-18(15-32-24)28(2,3)37)36(22)26(17-6-10-38-11-7-17)27-30-8-5-9-31-27/h5,8-9,12-15,17,26,37H,6-7,10-11H2,1-4H3/i1D3. The minimum absolute atomic E-state index is 0.0580. The predicted molar refractivity (Wildman–Crippen MR) is 141 cm³/mol. The van der Waals surface area contributed by atoms with Crippen LogP contribution in [-0.2, 0) is 17.4 Å². The van der Waals surface area contributed by atoms with Crippen molar-refractivity contribution in [1.82, 2.24) is 34.5 Å². The first kappa shape index (κ1) is 21.2. The maximum absolute atomic E-state index is 15.9. The Bertz CT molecular complexity index is 1740. The Morgan fingerprint density at radius 3 is 2.61 bits per heavy atom. The van der Waals surface area contributed by atoms with E-state index in [1.54, 1.807) is 44.6 Å². The minimum Gasteiger partial charge on any atom is -0.386 e. The van der Waals surface area contributed by atoms with Gasteiger partial charge in [-0.05, 0) is 63.7 Å². The lowest BCUT2D eigenvalue weighted by Gasteiger charge is -2.31. The van der Waals surface area contributed by atoms with Gasteiger partial charge in [0.1, 0.15) is 5.82 Å². The van der Waals surface area contributed by atoms with Crippen LogP contribution in [0.25, 0.3) is 33.2 Å². The van der Waals surface area contributed by atoms with Gasteiger partial charge in [-0.25, -0.2) is 19.0 Å². The summed E-state index contributed by atoms with van der Waals surface area (Å²) in [5, 5.41) is 19.1. The number of aliphatic hydroxyl groups is 1. The highest BCUT2D eigenvalue weighted by molar-refractivity contribution is 6.07. The second kappa shape index (κ2) is 9.21. The fourth-order valence-electron chi connectivity index (χ4n) is 5.43. The average molecular weight is 519 g/mol. The van der Waals surface area contributed by atoms with Gasteiger partial charge < -0.3 is 14.4 Å². The second-order valence-corrected chi connectivity index (χ2v) is 10.3. The highest BCUT2D eigenvalue weighted by Gasteiger charge is 2.33. The van der Waals surface area contributed by atoms with Crippen LogP contribution in [0.2, 0.25) is 0 Å². The van der Waals surface area contributed by atoms with Crippen LogP contribution in [0, 0.1) is 18.6 Å². The largest absolute Gasteiger partial charge is 0.386 e. The van der Waals surface area contributed by atoms with Crippen LogP contribution in [0.4, 0.5) is 4.39 Å². The molecule has 4 aromatic heterocycles. The van der Waals surface area contributed by atoms with Crippen molar-refractivity contribution in [1.29, 1.82) is 0 Å². The van der Waals surface area contributed by atoms with E-state index in [2.05, 4.69) is 24.8 Å². The number of hydrogen-bond donors (Lipinski definition) is 1. The Morgan fingerprint density at radius 2 is 1.89 bits per heavy atom. The van der Waals surface area contributed by atoms with E-state index in [4.69, 9.17) is 13.8 Å². The van der Waals surface area contributed by atoms with Crippen LogP contribution >= 0.6 is 0 Å². The van der Waals surface area contributed by atoms with Crippen LogP contribution in [0.15, 0.2) is 42.9 Å². The molecule has 1 unspecified atom stereocenters. The number of nitrogens with zero attached hydrogens (tertiary/aromatic N) is 7. The lowest BCUT2D eigenvalue weighted by atomic mass is 9.90. The molecule has 6 rings (SSSR count). The summed E-state index contributed by atoms with van der Waals surface area (Å²) < 4.78 is 48.8. The van der Waals surface area contributed by atoms with Crippen LogP contribution in [0.5, 0.6) is 0 Å². The smallest absolute Gasteiger partial charge is 0.151 e. The molecule has 5 heterocycles. The van der Waals surface area contributed by atoms with E-state index in [0.717, 1.165) is 12.8 Å². The van der Waals surface area contributed by atoms with Crippen molar-refractivity contribution in [3.8, 4) is 11.3 Å². The van der Waals surface area contributed by atoms with E-state index in [9.17, 15) is 5.11 Å². The monoisotopic (exact) mass is 518 g/mol. The molecule has 0 aliphatic carbocycles. The Labute approximate surface area is 223 Å². The molecular weight excluding hydrogens is 485 g/mol. The summed E-state index contributed by atoms with van der Waals surface area (Å²) in [4.78, 5) is 14.0. The zero-order valence-corrected chi connectivity index (χ0v) is 21.4. The molecule has 196 valence electrons. The highest BCUT2D eigenvalue weighted by Crippen LogP contribution is 2.41. The molecule has 0 bridgehead atoms. The molecule has 1 atom stereocenters. The quantitative estimate of drug-likeness (QED) is 0.366. The molecule has 1 aliphatic rings. The Balaban J connectivity index is 1.72. The topological polar surface area (TPSA) is 104 Å². The van der Waals surface area contributed by atoms with Crippen molar-refractivity contribution < 1.29 is 18.3 Å². The predicted octanol–water partition coefficient (Wildman–Crippen LogP) is 4.47. The molecule has 10 heteroatoms. The van der Waals surface area contributed by atoms with E-state index in [0.29, 0.717) is 46.5 Å². The highest BCUT2D eigenvalue weighted by atomic mass is 19.1. The van der Waals surface area contributed by atoms with Crippen molar-refractivity contribution in [3.63, 3.8) is 0 Å². The van der Waals surface area contributed by atoms with E-state index < -0.39 is 18.3 Å². The summed E-state index contributed by atoms with van der Waals surface area (Å²) in [5.41, 5.74) is 1.12. The van der Waals surface area contributed by atoms with Crippen LogP contribution < -0.4 is 0 Å². The van der Waals surface area contributed by atoms with E-state index in [1.165, 1.54) is 17.8 Å². The number of halogens is 1. The molecule has 0 spiro atoms. The zero-order valence-electron chi connectivity index (χ0n) is 24.4. The second-order valence-electron chi connectivity index (χ2n) is 10.3. The van der Waals surface area contributed by atoms with Gasteiger partial charge in [-0.1, -0.05) is 5.21 Å². The molecular formula is C28H30FN7O2. The summed E-state index contributed by atoms with van der Waals surface area (Å²) in [6, 6.07) is 6.27. The molecule has 1 aliphatic heterocycles. The summed E-state index contributed by atoms with van der Waals surface area (Å²) in [7, 11) is 1.54. The van der Waals surface area contributed by atoms with Crippen molar-refractivity contribution in [2.24, 2.45) is 13.0 Å². The molecule has 38 heavy (non-hydrogen) atoms. The third-order valence-corrected chi connectivity index (χ3v) is 7.36. The number of ether oxygens (including phenoxy) is 1. The Morgan fingerprint density at radius 1 is 1.13 bits per heavy atom. The first-order valence-electron chi connectivity index (χ1n) is 14.1. The zero-order chi connectivity index (χ0) is 29.1. The molecule has 1 saturated heterocycles. The first-order valence-corrected chi connectivity index (χ1v) is 12.6. The average Bonchev–Trinajstić information content (AvgIpc) is 3.47. The molecule has 1 fully saturated rings. The maximum Gasteiger partial charge on any atom is 0.151 e. The number of hydrogen-bond acceptors (Lipinski definition) is 7. The van der Waals surface area contributed by atoms with Crippen molar-refractivity contribution in [2.45, 2.75) is 45.2 Å². The van der Waals surface area contributed by atoms with Gasteiger partial charge in [0.05, 0.1) is 39.6 Å². The molecule has 1 aromatic carbocycles. The number of fused-ring (bicyclic) bond motifs is 3. The third-order valence-electron chi connectivity index (χ3n) is 7.36. The van der Waals surface area contributed by atoms with Gasteiger partial charge >= 0.3 is 0 Å². The van der Waals surface area contributed by atoms with E-state index in [-0.39, 0.29) is 28.9 Å². The van der Waals surface area contributed by atoms with E-state index in [1.807, 2.05) is 6.07 Å². The summed E-state index contributed by atoms with van der Waals surface area (Å²) in [6.07, 6.45) is 6.49. The minimum atomic E-state index is -2.59. The van der Waals surface area contributed by atoms with Gasteiger partial charge in [0.15, 0.2) is 5.82 Å².